The van der Waals surface area contributed by atoms with Gasteiger partial charge >= 0.3 is 0 Å². The van der Waals surface area contributed by atoms with Crippen LogP contribution < -0.4 is 14.4 Å². The van der Waals surface area contributed by atoms with E-state index in [1.54, 1.807) is 24.3 Å². The molecule has 2 aromatic carbocycles. The van der Waals surface area contributed by atoms with E-state index in [2.05, 4.69) is 21.2 Å². The Morgan fingerprint density at radius 1 is 1.19 bits per heavy atom. The molecule has 6 nitrogen and oxygen atoms in total. The molecule has 0 fully saturated rings. The molecular weight excluding hydrogens is 432 g/mol. The van der Waals surface area contributed by atoms with Crippen LogP contribution in [0, 0.1) is 0 Å². The van der Waals surface area contributed by atoms with Gasteiger partial charge in [0.05, 0.1) is 18.0 Å². The fourth-order valence-corrected chi connectivity index (χ4v) is 3.65. The van der Waals surface area contributed by atoms with Crippen molar-refractivity contribution < 1.29 is 17.9 Å². The largest absolute Gasteiger partial charge is 0.491 e. The highest BCUT2D eigenvalue weighted by Crippen LogP contribution is 2.22. The van der Waals surface area contributed by atoms with Crippen molar-refractivity contribution in [3.63, 3.8) is 0 Å². The van der Waals surface area contributed by atoms with Crippen LogP contribution in [0.25, 0.3) is 0 Å². The van der Waals surface area contributed by atoms with E-state index in [-0.39, 0.29) is 19.2 Å². The number of anilines is 1. The number of nitrogens with zero attached hydrogens (tertiary/aromatic N) is 1. The first kappa shape index (κ1) is 21.2. The van der Waals surface area contributed by atoms with Crippen molar-refractivity contribution in [3.8, 4) is 5.75 Å². The van der Waals surface area contributed by atoms with Crippen molar-refractivity contribution in [2.24, 2.45) is 0 Å². The molecule has 27 heavy (non-hydrogen) atoms. The predicted octanol–water partition coefficient (Wildman–Crippen LogP) is 3.32. The minimum atomic E-state index is -3.60. The number of benzene rings is 2. The standard InChI is InChI=1S/C19H23BrN2O4S/c1-14(2)26-18-9-4-6-15(10-18)12-21-19(23)13-22(27(3,24)25)17-8-5-7-16(20)11-17/h4-11,14H,12-13H2,1-3H3,(H,21,23). The fraction of sp³-hybridized carbons (Fsp3) is 0.316. The number of hydrogen-bond donors (Lipinski definition) is 1. The van der Waals surface area contributed by atoms with E-state index in [9.17, 15) is 13.2 Å². The second-order valence-corrected chi connectivity index (χ2v) is 9.16. The molecule has 2 aromatic rings. The van der Waals surface area contributed by atoms with Gasteiger partial charge in [-0.3, -0.25) is 9.10 Å². The van der Waals surface area contributed by atoms with Gasteiger partial charge in [-0.1, -0.05) is 34.1 Å². The van der Waals surface area contributed by atoms with E-state index in [0.717, 1.165) is 26.3 Å². The molecular formula is C19H23BrN2O4S. The maximum Gasteiger partial charge on any atom is 0.241 e. The highest BCUT2D eigenvalue weighted by Gasteiger charge is 2.20. The zero-order valence-electron chi connectivity index (χ0n) is 15.5. The molecule has 0 spiro atoms. The van der Waals surface area contributed by atoms with E-state index in [0.29, 0.717) is 5.69 Å². The fourth-order valence-electron chi connectivity index (χ4n) is 2.42. The summed E-state index contributed by atoms with van der Waals surface area (Å²) < 4.78 is 31.7. The van der Waals surface area contributed by atoms with E-state index < -0.39 is 15.9 Å². The molecule has 1 amide bonds. The van der Waals surface area contributed by atoms with Crippen LogP contribution in [0.4, 0.5) is 5.69 Å². The van der Waals surface area contributed by atoms with Crippen LogP contribution in [-0.2, 0) is 21.4 Å². The molecule has 0 heterocycles. The molecule has 0 bridgehead atoms. The molecule has 0 saturated heterocycles. The SMILES string of the molecule is CC(C)Oc1cccc(CNC(=O)CN(c2cccc(Br)c2)S(C)(=O)=O)c1. The summed E-state index contributed by atoms with van der Waals surface area (Å²) in [6.45, 7) is 3.87. The Morgan fingerprint density at radius 2 is 1.89 bits per heavy atom. The Hall–Kier alpha value is -2.06. The molecule has 8 heteroatoms. The van der Waals surface area contributed by atoms with Gasteiger partial charge in [0.2, 0.25) is 15.9 Å². The number of carbonyl (C=O) groups is 1. The Morgan fingerprint density at radius 3 is 2.52 bits per heavy atom. The van der Waals surface area contributed by atoms with Crippen molar-refractivity contribution in [1.82, 2.24) is 5.32 Å². The monoisotopic (exact) mass is 454 g/mol. The van der Waals surface area contributed by atoms with Gasteiger partial charge in [0.1, 0.15) is 12.3 Å². The van der Waals surface area contributed by atoms with Crippen LogP contribution in [0.15, 0.2) is 53.0 Å². The maximum absolute atomic E-state index is 12.3. The summed E-state index contributed by atoms with van der Waals surface area (Å²) in [6, 6.07) is 14.2. The minimum absolute atomic E-state index is 0.0587. The van der Waals surface area contributed by atoms with Crippen LogP contribution in [0.3, 0.4) is 0 Å². The maximum atomic E-state index is 12.3. The zero-order valence-corrected chi connectivity index (χ0v) is 17.9. The molecule has 146 valence electrons. The number of hydrogen-bond acceptors (Lipinski definition) is 4. The van der Waals surface area contributed by atoms with Gasteiger partial charge in [0.25, 0.3) is 0 Å². The predicted molar refractivity (Wildman–Crippen MR) is 110 cm³/mol. The van der Waals surface area contributed by atoms with Crippen LogP contribution in [0.2, 0.25) is 0 Å². The lowest BCUT2D eigenvalue weighted by Gasteiger charge is -2.22. The number of amides is 1. The van der Waals surface area contributed by atoms with Gasteiger partial charge < -0.3 is 10.1 Å². The number of ether oxygens (including phenoxy) is 1. The van der Waals surface area contributed by atoms with Gasteiger partial charge in [-0.05, 0) is 49.7 Å². The molecule has 0 saturated carbocycles. The van der Waals surface area contributed by atoms with E-state index >= 15 is 0 Å². The first-order valence-corrected chi connectivity index (χ1v) is 11.0. The second-order valence-electron chi connectivity index (χ2n) is 6.34. The van der Waals surface area contributed by atoms with Crippen LogP contribution in [-0.4, -0.2) is 33.2 Å². The topological polar surface area (TPSA) is 75.7 Å². The summed E-state index contributed by atoms with van der Waals surface area (Å²) in [5, 5.41) is 2.75. The van der Waals surface area contributed by atoms with Crippen molar-refractivity contribution in [3.05, 3.63) is 58.6 Å². The lowest BCUT2D eigenvalue weighted by molar-refractivity contribution is -0.119. The average molecular weight is 455 g/mol. The summed E-state index contributed by atoms with van der Waals surface area (Å²) in [5.41, 5.74) is 1.30. The molecule has 0 atom stereocenters. The number of rotatable bonds is 8. The van der Waals surface area contributed by atoms with E-state index in [1.807, 2.05) is 38.1 Å². The summed E-state index contributed by atoms with van der Waals surface area (Å²) in [4.78, 5) is 12.3. The summed E-state index contributed by atoms with van der Waals surface area (Å²) >= 11 is 3.31. The molecule has 0 aliphatic carbocycles. The smallest absolute Gasteiger partial charge is 0.241 e. The van der Waals surface area contributed by atoms with Gasteiger partial charge in [-0.2, -0.15) is 0 Å². The number of halogens is 1. The van der Waals surface area contributed by atoms with Crippen molar-refractivity contribution in [2.75, 3.05) is 17.1 Å². The van der Waals surface area contributed by atoms with Gasteiger partial charge in [0.15, 0.2) is 0 Å². The molecule has 0 aromatic heterocycles. The molecule has 0 unspecified atom stereocenters. The Kier molecular flexibility index (Phi) is 7.26. The first-order chi connectivity index (χ1) is 12.6. The highest BCUT2D eigenvalue weighted by molar-refractivity contribution is 9.10. The Balaban J connectivity index is 2.04. The normalized spacial score (nSPS) is 11.3. The van der Waals surface area contributed by atoms with Crippen LogP contribution >= 0.6 is 15.9 Å². The van der Waals surface area contributed by atoms with Crippen molar-refractivity contribution in [2.45, 2.75) is 26.5 Å². The molecule has 0 aliphatic rings. The number of sulfonamides is 1. The van der Waals surface area contributed by atoms with Crippen LogP contribution in [0.1, 0.15) is 19.4 Å². The number of carbonyl (C=O) groups excluding carboxylic acids is 1. The minimum Gasteiger partial charge on any atom is -0.491 e. The molecule has 0 aliphatic heterocycles. The van der Waals surface area contributed by atoms with Crippen molar-refractivity contribution >= 4 is 37.5 Å². The van der Waals surface area contributed by atoms with Crippen LogP contribution in [0.5, 0.6) is 5.75 Å². The Labute approximate surface area is 168 Å². The third-order valence-corrected chi connectivity index (χ3v) is 5.18. The lowest BCUT2D eigenvalue weighted by Crippen LogP contribution is -2.40. The second kappa shape index (κ2) is 9.23. The van der Waals surface area contributed by atoms with Gasteiger partial charge in [0, 0.05) is 11.0 Å². The highest BCUT2D eigenvalue weighted by atomic mass is 79.9. The number of nitrogens with one attached hydrogen (secondary N) is 1. The molecule has 1 N–H and O–H groups in total. The third-order valence-electron chi connectivity index (χ3n) is 3.54. The summed E-state index contributed by atoms with van der Waals surface area (Å²) in [6.07, 6.45) is 1.14. The van der Waals surface area contributed by atoms with Gasteiger partial charge in [-0.15, -0.1) is 0 Å². The summed E-state index contributed by atoms with van der Waals surface area (Å²) in [5.74, 6) is 0.333. The molecule has 0 radical (unpaired) electrons. The lowest BCUT2D eigenvalue weighted by atomic mass is 10.2. The third kappa shape index (κ3) is 6.88. The average Bonchev–Trinajstić information content (AvgIpc) is 2.56. The Bertz CT molecular complexity index is 900. The zero-order chi connectivity index (χ0) is 20.0. The summed E-state index contributed by atoms with van der Waals surface area (Å²) in [7, 11) is -3.60. The quantitative estimate of drug-likeness (QED) is 0.663. The van der Waals surface area contributed by atoms with E-state index in [4.69, 9.17) is 4.74 Å². The first-order valence-electron chi connectivity index (χ1n) is 8.41. The van der Waals surface area contributed by atoms with Crippen molar-refractivity contribution in [1.29, 1.82) is 0 Å². The molecule has 2 rings (SSSR count). The van der Waals surface area contributed by atoms with Gasteiger partial charge in [-0.25, -0.2) is 8.42 Å². The van der Waals surface area contributed by atoms with E-state index in [1.165, 1.54) is 0 Å².